The Balaban J connectivity index is 4.00. The van der Waals surface area contributed by atoms with Gasteiger partial charge in [0.15, 0.2) is 0 Å². The van der Waals surface area contributed by atoms with Gasteiger partial charge in [-0.15, -0.1) is 0 Å². The summed E-state index contributed by atoms with van der Waals surface area (Å²) in [6, 6.07) is 0. The zero-order valence-electron chi connectivity index (χ0n) is 10.1. The molecule has 2 N–H and O–H groups in total. The molecule has 0 atom stereocenters. The monoisotopic (exact) mass is 236 g/mol. The minimum Gasteiger partial charge on any atom is -0.330 e. The maximum Gasteiger partial charge on any atom is 0.148 e. The van der Waals surface area contributed by atoms with E-state index in [0.29, 0.717) is 19.0 Å². The summed E-state index contributed by atoms with van der Waals surface area (Å²) in [6.07, 6.45) is 2.21. The molecule has 92 valence electrons. The highest BCUT2D eigenvalue weighted by atomic mass is 32.2. The van der Waals surface area contributed by atoms with E-state index in [1.54, 1.807) is 0 Å². The van der Waals surface area contributed by atoms with Crippen LogP contribution in [0.3, 0.4) is 0 Å². The first kappa shape index (κ1) is 14.9. The Morgan fingerprint density at radius 3 is 2.27 bits per heavy atom. The molecule has 0 aromatic heterocycles. The van der Waals surface area contributed by atoms with E-state index in [1.165, 1.54) is 6.26 Å². The highest BCUT2D eigenvalue weighted by Gasteiger charge is 2.10. The number of nitrogens with two attached hydrogens (primary N) is 1. The zero-order valence-corrected chi connectivity index (χ0v) is 10.9. The lowest BCUT2D eigenvalue weighted by Gasteiger charge is -2.23. The fourth-order valence-electron chi connectivity index (χ4n) is 1.42. The molecular weight excluding hydrogens is 212 g/mol. The lowest BCUT2D eigenvalue weighted by Crippen LogP contribution is -2.34. The van der Waals surface area contributed by atoms with Gasteiger partial charge in [-0.2, -0.15) is 0 Å². The van der Waals surface area contributed by atoms with Crippen LogP contribution >= 0.6 is 0 Å². The molecule has 0 aromatic carbocycles. The topological polar surface area (TPSA) is 63.4 Å². The molecule has 0 fully saturated rings. The molecule has 0 aliphatic heterocycles. The molecule has 0 spiro atoms. The van der Waals surface area contributed by atoms with Crippen LogP contribution in [0.5, 0.6) is 0 Å². The highest BCUT2D eigenvalue weighted by molar-refractivity contribution is 7.90. The zero-order chi connectivity index (χ0) is 11.9. The van der Waals surface area contributed by atoms with Crippen molar-refractivity contribution in [2.75, 3.05) is 38.2 Å². The first-order valence-corrected chi connectivity index (χ1v) is 7.51. The smallest absolute Gasteiger partial charge is 0.148 e. The number of hydrogen-bond donors (Lipinski definition) is 1. The van der Waals surface area contributed by atoms with Gasteiger partial charge in [0.1, 0.15) is 9.84 Å². The van der Waals surface area contributed by atoms with Crippen LogP contribution in [0.2, 0.25) is 0 Å². The van der Waals surface area contributed by atoms with Gasteiger partial charge in [-0.3, -0.25) is 0 Å². The summed E-state index contributed by atoms with van der Waals surface area (Å²) < 4.78 is 22.1. The van der Waals surface area contributed by atoms with E-state index in [2.05, 4.69) is 18.7 Å². The molecule has 0 unspecified atom stereocenters. The quantitative estimate of drug-likeness (QED) is 0.660. The van der Waals surface area contributed by atoms with Crippen molar-refractivity contribution < 1.29 is 8.42 Å². The molecule has 0 heterocycles. The van der Waals surface area contributed by atoms with Gasteiger partial charge in [0.2, 0.25) is 0 Å². The number of nitrogens with zero attached hydrogens (tertiary/aromatic N) is 1. The second-order valence-electron chi connectivity index (χ2n) is 4.47. The van der Waals surface area contributed by atoms with Crippen molar-refractivity contribution in [2.45, 2.75) is 20.3 Å². The average molecular weight is 236 g/mol. The van der Waals surface area contributed by atoms with Gasteiger partial charge in [-0.25, -0.2) is 8.42 Å². The van der Waals surface area contributed by atoms with Gasteiger partial charge < -0.3 is 10.6 Å². The molecular formula is C10H24N2O2S. The molecule has 0 aromatic rings. The first-order valence-electron chi connectivity index (χ1n) is 5.45. The summed E-state index contributed by atoms with van der Waals surface area (Å²) >= 11 is 0. The summed E-state index contributed by atoms with van der Waals surface area (Å²) in [5.74, 6) is 0.798. The standard InChI is InChI=1S/C10H24N2O2S/c1-10(2)9-12(6-4-5-11)7-8-15(3,13)14/h10H,4-9,11H2,1-3H3. The van der Waals surface area contributed by atoms with Crippen molar-refractivity contribution in [3.8, 4) is 0 Å². The van der Waals surface area contributed by atoms with Gasteiger partial charge in [0.25, 0.3) is 0 Å². The Hall–Kier alpha value is -0.130. The molecule has 5 heteroatoms. The highest BCUT2D eigenvalue weighted by Crippen LogP contribution is 2.00. The van der Waals surface area contributed by atoms with Crippen LogP contribution in [-0.2, 0) is 9.84 Å². The van der Waals surface area contributed by atoms with Crippen molar-refractivity contribution in [1.29, 1.82) is 0 Å². The van der Waals surface area contributed by atoms with Crippen LogP contribution in [0.15, 0.2) is 0 Å². The molecule has 15 heavy (non-hydrogen) atoms. The number of sulfone groups is 1. The summed E-state index contributed by atoms with van der Waals surface area (Å²) in [4.78, 5) is 2.18. The maximum atomic E-state index is 11.0. The van der Waals surface area contributed by atoms with Crippen molar-refractivity contribution in [1.82, 2.24) is 4.90 Å². The van der Waals surface area contributed by atoms with Crippen molar-refractivity contribution in [3.63, 3.8) is 0 Å². The molecule has 0 bridgehead atoms. The molecule has 0 aliphatic carbocycles. The fraction of sp³-hybridized carbons (Fsp3) is 1.00. The normalized spacial score (nSPS) is 12.7. The van der Waals surface area contributed by atoms with E-state index in [9.17, 15) is 8.42 Å². The summed E-state index contributed by atoms with van der Waals surface area (Å²) in [7, 11) is -2.85. The minimum atomic E-state index is -2.85. The summed E-state index contributed by atoms with van der Waals surface area (Å²) in [6.45, 7) is 7.38. The Morgan fingerprint density at radius 1 is 1.27 bits per heavy atom. The third kappa shape index (κ3) is 10.2. The van der Waals surface area contributed by atoms with E-state index in [4.69, 9.17) is 5.73 Å². The number of rotatable bonds is 8. The Kier molecular flexibility index (Phi) is 7.13. The van der Waals surface area contributed by atoms with Gasteiger partial charge in [-0.05, 0) is 25.4 Å². The Labute approximate surface area is 93.7 Å². The lowest BCUT2D eigenvalue weighted by molar-refractivity contribution is 0.256. The Bertz CT molecular complexity index is 250. The SMILES string of the molecule is CC(C)CN(CCCN)CCS(C)(=O)=O. The van der Waals surface area contributed by atoms with E-state index in [-0.39, 0.29) is 5.75 Å². The minimum absolute atomic E-state index is 0.240. The second-order valence-corrected chi connectivity index (χ2v) is 6.73. The fourth-order valence-corrected chi connectivity index (χ4v) is 2.01. The van der Waals surface area contributed by atoms with E-state index in [0.717, 1.165) is 19.5 Å². The van der Waals surface area contributed by atoms with E-state index < -0.39 is 9.84 Å². The molecule has 0 aliphatic rings. The van der Waals surface area contributed by atoms with Crippen LogP contribution in [0.4, 0.5) is 0 Å². The van der Waals surface area contributed by atoms with Crippen LogP contribution < -0.4 is 5.73 Å². The predicted molar refractivity (Wildman–Crippen MR) is 64.7 cm³/mol. The van der Waals surface area contributed by atoms with E-state index in [1.807, 2.05) is 0 Å². The van der Waals surface area contributed by atoms with Gasteiger partial charge in [0.05, 0.1) is 5.75 Å². The van der Waals surface area contributed by atoms with Crippen LogP contribution in [0.25, 0.3) is 0 Å². The van der Waals surface area contributed by atoms with Crippen molar-refractivity contribution in [2.24, 2.45) is 11.7 Å². The Morgan fingerprint density at radius 2 is 1.87 bits per heavy atom. The molecule has 0 radical (unpaired) electrons. The molecule has 0 saturated carbocycles. The van der Waals surface area contributed by atoms with Crippen LogP contribution in [0, 0.1) is 5.92 Å². The maximum absolute atomic E-state index is 11.0. The van der Waals surface area contributed by atoms with Crippen molar-refractivity contribution in [3.05, 3.63) is 0 Å². The van der Waals surface area contributed by atoms with Crippen LogP contribution in [-0.4, -0.2) is 51.5 Å². The third-order valence-electron chi connectivity index (χ3n) is 2.08. The molecule has 0 rings (SSSR count). The lowest BCUT2D eigenvalue weighted by atomic mass is 10.2. The summed E-state index contributed by atoms with van der Waals surface area (Å²) in [5, 5.41) is 0. The van der Waals surface area contributed by atoms with Gasteiger partial charge >= 0.3 is 0 Å². The van der Waals surface area contributed by atoms with Gasteiger partial charge in [-0.1, -0.05) is 13.8 Å². The summed E-state index contributed by atoms with van der Waals surface area (Å²) in [5.41, 5.74) is 5.44. The predicted octanol–water partition coefficient (Wildman–Crippen LogP) is 0.338. The third-order valence-corrected chi connectivity index (χ3v) is 3.00. The largest absolute Gasteiger partial charge is 0.330 e. The van der Waals surface area contributed by atoms with E-state index >= 15 is 0 Å². The molecule has 0 saturated heterocycles. The molecule has 4 nitrogen and oxygen atoms in total. The average Bonchev–Trinajstić information content (AvgIpc) is 2.07. The van der Waals surface area contributed by atoms with Gasteiger partial charge in [0, 0.05) is 19.3 Å². The number of hydrogen-bond acceptors (Lipinski definition) is 4. The first-order chi connectivity index (χ1) is 6.85. The molecule has 0 amide bonds. The van der Waals surface area contributed by atoms with Crippen LogP contribution in [0.1, 0.15) is 20.3 Å². The second kappa shape index (κ2) is 7.19. The van der Waals surface area contributed by atoms with Crippen molar-refractivity contribution >= 4 is 9.84 Å².